The Balaban J connectivity index is 1.98. The van der Waals surface area contributed by atoms with Gasteiger partial charge in [0.05, 0.1) is 0 Å². The van der Waals surface area contributed by atoms with E-state index in [1.165, 1.54) is 38.6 Å². The van der Waals surface area contributed by atoms with Crippen molar-refractivity contribution in [2.24, 2.45) is 0 Å². The van der Waals surface area contributed by atoms with Crippen molar-refractivity contribution in [3.8, 4) is 0 Å². The van der Waals surface area contributed by atoms with Crippen LogP contribution in [0.4, 0.5) is 0 Å². The second-order valence-electron chi connectivity index (χ2n) is 4.62. The van der Waals surface area contributed by atoms with Crippen LogP contribution in [0.25, 0.3) is 0 Å². The molecule has 1 saturated heterocycles. The molecule has 0 bridgehead atoms. The van der Waals surface area contributed by atoms with Crippen molar-refractivity contribution < 1.29 is 0 Å². The summed E-state index contributed by atoms with van der Waals surface area (Å²) in [4.78, 5) is 2.73. The summed E-state index contributed by atoms with van der Waals surface area (Å²) in [6.07, 6.45) is 7.03. The van der Waals surface area contributed by atoms with Crippen LogP contribution < -0.4 is 5.32 Å². The molecule has 1 N–H and O–H groups in total. The molecule has 0 aromatic heterocycles. The largest absolute Gasteiger partial charge is 0.315 e. The van der Waals surface area contributed by atoms with Crippen molar-refractivity contribution in [2.75, 3.05) is 13.6 Å². The lowest BCUT2D eigenvalue weighted by Crippen LogP contribution is -2.47. The number of likely N-dealkylation sites (N-methyl/N-ethyl adjacent to an activating group) is 1. The molecule has 76 valence electrons. The second kappa shape index (κ2) is 3.97. The van der Waals surface area contributed by atoms with Crippen molar-refractivity contribution in [1.29, 1.82) is 0 Å². The van der Waals surface area contributed by atoms with Crippen LogP contribution in [0.15, 0.2) is 0 Å². The summed E-state index contributed by atoms with van der Waals surface area (Å²) in [5, 5.41) is 3.47. The van der Waals surface area contributed by atoms with Crippen molar-refractivity contribution >= 4 is 0 Å². The topological polar surface area (TPSA) is 15.3 Å². The number of nitrogens with one attached hydrogen (secondary N) is 1. The molecule has 2 rings (SSSR count). The van der Waals surface area contributed by atoms with Gasteiger partial charge in [0, 0.05) is 18.1 Å². The third-order valence-electron chi connectivity index (χ3n) is 3.88. The molecular weight excluding hydrogens is 160 g/mol. The van der Waals surface area contributed by atoms with E-state index in [1.54, 1.807) is 0 Å². The molecule has 3 unspecified atom stereocenters. The SMILES string of the molecule is CNC1CCCC1N1CCCC1C. The summed E-state index contributed by atoms with van der Waals surface area (Å²) in [5.41, 5.74) is 0. The van der Waals surface area contributed by atoms with E-state index in [-0.39, 0.29) is 0 Å². The maximum atomic E-state index is 3.47. The van der Waals surface area contributed by atoms with E-state index < -0.39 is 0 Å². The molecular formula is C11H22N2. The maximum Gasteiger partial charge on any atom is 0.0252 e. The Bertz CT molecular complexity index is 169. The van der Waals surface area contributed by atoms with E-state index in [1.807, 2.05) is 0 Å². The Labute approximate surface area is 81.7 Å². The minimum absolute atomic E-state index is 0.764. The fourth-order valence-corrected chi connectivity index (χ4v) is 3.12. The van der Waals surface area contributed by atoms with Crippen molar-refractivity contribution in [3.63, 3.8) is 0 Å². The molecule has 2 fully saturated rings. The first-order chi connectivity index (χ1) is 6.33. The lowest BCUT2D eigenvalue weighted by atomic mass is 10.1. The highest BCUT2D eigenvalue weighted by atomic mass is 15.2. The van der Waals surface area contributed by atoms with E-state index in [2.05, 4.69) is 24.2 Å². The molecule has 0 radical (unpaired) electrons. The van der Waals surface area contributed by atoms with Gasteiger partial charge < -0.3 is 5.32 Å². The number of hydrogen-bond acceptors (Lipinski definition) is 2. The van der Waals surface area contributed by atoms with Crippen molar-refractivity contribution in [2.45, 2.75) is 57.2 Å². The summed E-state index contributed by atoms with van der Waals surface area (Å²) >= 11 is 0. The average molecular weight is 182 g/mol. The van der Waals surface area contributed by atoms with Crippen LogP contribution >= 0.6 is 0 Å². The number of likely N-dealkylation sites (tertiary alicyclic amines) is 1. The molecule has 3 atom stereocenters. The Kier molecular flexibility index (Phi) is 2.89. The molecule has 2 heteroatoms. The number of rotatable bonds is 2. The van der Waals surface area contributed by atoms with Crippen LogP contribution in [0.5, 0.6) is 0 Å². The zero-order valence-corrected chi connectivity index (χ0v) is 8.92. The van der Waals surface area contributed by atoms with Crippen LogP contribution in [-0.4, -0.2) is 36.6 Å². The predicted molar refractivity (Wildman–Crippen MR) is 55.9 cm³/mol. The Morgan fingerprint density at radius 2 is 2.00 bits per heavy atom. The molecule has 2 nitrogen and oxygen atoms in total. The lowest BCUT2D eigenvalue weighted by molar-refractivity contribution is 0.169. The molecule has 2 aliphatic rings. The monoisotopic (exact) mass is 182 g/mol. The minimum atomic E-state index is 0.764. The van der Waals surface area contributed by atoms with Gasteiger partial charge in [0.15, 0.2) is 0 Å². The molecule has 0 spiro atoms. The molecule has 0 aromatic carbocycles. The van der Waals surface area contributed by atoms with Gasteiger partial charge in [0.1, 0.15) is 0 Å². The second-order valence-corrected chi connectivity index (χ2v) is 4.62. The summed E-state index contributed by atoms with van der Waals surface area (Å²) in [6.45, 7) is 3.72. The highest BCUT2D eigenvalue weighted by Gasteiger charge is 2.35. The third-order valence-corrected chi connectivity index (χ3v) is 3.88. The standard InChI is InChI=1S/C11H22N2/c1-9-5-4-8-13(9)11-7-3-6-10(11)12-2/h9-12H,3-8H2,1-2H3. The van der Waals surface area contributed by atoms with Crippen LogP contribution in [0.1, 0.15) is 39.0 Å². The normalized spacial score (nSPS) is 41.5. The highest BCUT2D eigenvalue weighted by Crippen LogP contribution is 2.29. The zero-order valence-electron chi connectivity index (χ0n) is 8.92. The van der Waals surface area contributed by atoms with E-state index in [0.29, 0.717) is 0 Å². The summed E-state index contributed by atoms with van der Waals surface area (Å²) in [6, 6.07) is 2.43. The maximum absolute atomic E-state index is 3.47. The Morgan fingerprint density at radius 1 is 1.15 bits per heavy atom. The third kappa shape index (κ3) is 1.75. The van der Waals surface area contributed by atoms with E-state index in [9.17, 15) is 0 Å². The zero-order chi connectivity index (χ0) is 9.26. The molecule has 1 saturated carbocycles. The summed E-state index contributed by atoms with van der Waals surface area (Å²) < 4.78 is 0. The molecule has 1 aliphatic carbocycles. The minimum Gasteiger partial charge on any atom is -0.315 e. The fourth-order valence-electron chi connectivity index (χ4n) is 3.12. The smallest absolute Gasteiger partial charge is 0.0252 e. The van der Waals surface area contributed by atoms with Crippen LogP contribution in [-0.2, 0) is 0 Å². The van der Waals surface area contributed by atoms with Crippen LogP contribution in [0.2, 0.25) is 0 Å². The quantitative estimate of drug-likeness (QED) is 0.698. The van der Waals surface area contributed by atoms with Gasteiger partial charge in [-0.05, 0) is 46.2 Å². The van der Waals surface area contributed by atoms with Crippen molar-refractivity contribution in [1.82, 2.24) is 10.2 Å². The summed E-state index contributed by atoms with van der Waals surface area (Å²) in [5.74, 6) is 0. The molecule has 13 heavy (non-hydrogen) atoms. The van der Waals surface area contributed by atoms with Gasteiger partial charge in [-0.25, -0.2) is 0 Å². The highest BCUT2D eigenvalue weighted by molar-refractivity contribution is 4.93. The number of hydrogen-bond donors (Lipinski definition) is 1. The van der Waals surface area contributed by atoms with E-state index >= 15 is 0 Å². The van der Waals surface area contributed by atoms with Gasteiger partial charge >= 0.3 is 0 Å². The van der Waals surface area contributed by atoms with Gasteiger partial charge in [-0.2, -0.15) is 0 Å². The van der Waals surface area contributed by atoms with E-state index in [4.69, 9.17) is 0 Å². The molecule has 1 aliphatic heterocycles. The Morgan fingerprint density at radius 3 is 2.62 bits per heavy atom. The first-order valence-electron chi connectivity index (χ1n) is 5.76. The predicted octanol–water partition coefficient (Wildman–Crippen LogP) is 1.61. The molecule has 1 heterocycles. The van der Waals surface area contributed by atoms with Gasteiger partial charge in [-0.3, -0.25) is 4.90 Å². The van der Waals surface area contributed by atoms with Gasteiger partial charge in [-0.1, -0.05) is 6.42 Å². The van der Waals surface area contributed by atoms with Gasteiger partial charge in [0.2, 0.25) is 0 Å². The number of nitrogens with zero attached hydrogens (tertiary/aromatic N) is 1. The fraction of sp³-hybridized carbons (Fsp3) is 1.00. The van der Waals surface area contributed by atoms with Crippen molar-refractivity contribution in [3.05, 3.63) is 0 Å². The first kappa shape index (κ1) is 9.47. The van der Waals surface area contributed by atoms with Gasteiger partial charge in [0.25, 0.3) is 0 Å². The molecule has 0 aromatic rings. The first-order valence-corrected chi connectivity index (χ1v) is 5.76. The van der Waals surface area contributed by atoms with Crippen LogP contribution in [0.3, 0.4) is 0 Å². The van der Waals surface area contributed by atoms with E-state index in [0.717, 1.165) is 18.1 Å². The average Bonchev–Trinajstić information content (AvgIpc) is 2.71. The van der Waals surface area contributed by atoms with Crippen LogP contribution in [0, 0.1) is 0 Å². The molecule has 0 amide bonds. The lowest BCUT2D eigenvalue weighted by Gasteiger charge is -2.32. The van der Waals surface area contributed by atoms with Gasteiger partial charge in [-0.15, -0.1) is 0 Å². The Hall–Kier alpha value is -0.0800. The summed E-state index contributed by atoms with van der Waals surface area (Å²) in [7, 11) is 2.11.